The van der Waals surface area contributed by atoms with Gasteiger partial charge in [0.05, 0.1) is 17.9 Å². The smallest absolute Gasteiger partial charge is 0.308 e. The van der Waals surface area contributed by atoms with Crippen LogP contribution in [0.5, 0.6) is 5.75 Å². The number of amides is 1. The molecule has 0 aliphatic heterocycles. The molecule has 1 aromatic carbocycles. The second kappa shape index (κ2) is 9.00. The number of aliphatic carboxylic acids is 1. The van der Waals surface area contributed by atoms with Gasteiger partial charge in [-0.05, 0) is 30.2 Å². The third kappa shape index (κ3) is 5.70. The van der Waals surface area contributed by atoms with Crippen molar-refractivity contribution in [3.8, 4) is 5.75 Å². The number of likely N-dealkylation sites (N-methyl/N-ethyl adjacent to an activating group) is 1. The van der Waals surface area contributed by atoms with Gasteiger partial charge in [-0.1, -0.05) is 20.8 Å². The summed E-state index contributed by atoms with van der Waals surface area (Å²) < 4.78 is 32.6. The van der Waals surface area contributed by atoms with Crippen molar-refractivity contribution in [1.82, 2.24) is 9.62 Å². The van der Waals surface area contributed by atoms with Crippen LogP contribution in [-0.2, 0) is 19.6 Å². The van der Waals surface area contributed by atoms with Gasteiger partial charge >= 0.3 is 5.97 Å². The van der Waals surface area contributed by atoms with Crippen LogP contribution in [0, 0.1) is 11.8 Å². The fraction of sp³-hybridized carbons (Fsp3) is 0.529. The summed E-state index contributed by atoms with van der Waals surface area (Å²) in [5.41, 5.74) is 0. The molecule has 8 nitrogen and oxygen atoms in total. The van der Waals surface area contributed by atoms with Crippen molar-refractivity contribution in [1.29, 1.82) is 0 Å². The van der Waals surface area contributed by atoms with Crippen molar-refractivity contribution in [3.05, 3.63) is 24.3 Å². The molecule has 146 valence electrons. The second-order valence-electron chi connectivity index (χ2n) is 6.48. The first kappa shape index (κ1) is 21.9. The zero-order valence-corrected chi connectivity index (χ0v) is 16.4. The van der Waals surface area contributed by atoms with E-state index in [1.807, 2.05) is 0 Å². The number of hydrogen-bond donors (Lipinski definition) is 2. The first-order chi connectivity index (χ1) is 12.0. The molecule has 2 N–H and O–H groups in total. The Morgan fingerprint density at radius 2 is 1.73 bits per heavy atom. The Bertz CT molecular complexity index is 730. The third-order valence-electron chi connectivity index (χ3n) is 3.93. The summed E-state index contributed by atoms with van der Waals surface area (Å²) in [5.74, 6) is -2.06. The average Bonchev–Trinajstić information content (AvgIpc) is 2.58. The zero-order valence-electron chi connectivity index (χ0n) is 15.6. The maximum atomic E-state index is 12.6. The lowest BCUT2D eigenvalue weighted by molar-refractivity contribution is -0.143. The maximum absolute atomic E-state index is 12.6. The average molecular weight is 386 g/mol. The number of carbonyl (C=O) groups is 2. The normalized spacial score (nSPS) is 13.9. The molecule has 1 amide bonds. The number of carbonyl (C=O) groups excluding carboxylic acids is 1. The molecule has 0 fully saturated rings. The van der Waals surface area contributed by atoms with Crippen LogP contribution in [0.2, 0.25) is 0 Å². The Balaban J connectivity index is 2.98. The summed E-state index contributed by atoms with van der Waals surface area (Å²) in [7, 11) is -0.990. The quantitative estimate of drug-likeness (QED) is 0.659. The van der Waals surface area contributed by atoms with Crippen molar-refractivity contribution in [2.24, 2.45) is 11.8 Å². The number of methoxy groups -OCH3 is 1. The van der Waals surface area contributed by atoms with Crippen LogP contribution >= 0.6 is 0 Å². The van der Waals surface area contributed by atoms with Crippen molar-refractivity contribution in [3.63, 3.8) is 0 Å². The number of hydrogen-bond acceptors (Lipinski definition) is 5. The monoisotopic (exact) mass is 386 g/mol. The minimum Gasteiger partial charge on any atom is -0.497 e. The highest BCUT2D eigenvalue weighted by Crippen LogP contribution is 2.17. The van der Waals surface area contributed by atoms with E-state index in [0.29, 0.717) is 5.75 Å². The number of nitrogens with zero attached hydrogens (tertiary/aromatic N) is 1. The summed E-state index contributed by atoms with van der Waals surface area (Å²) in [6.07, 6.45) is 0. The molecule has 0 saturated carbocycles. The molecule has 2 atom stereocenters. The van der Waals surface area contributed by atoms with Crippen molar-refractivity contribution >= 4 is 21.9 Å². The van der Waals surface area contributed by atoms with Gasteiger partial charge in [0.1, 0.15) is 11.8 Å². The molecule has 1 rings (SSSR count). The van der Waals surface area contributed by atoms with Crippen LogP contribution in [-0.4, -0.2) is 57.0 Å². The van der Waals surface area contributed by atoms with Gasteiger partial charge in [-0.15, -0.1) is 0 Å². The van der Waals surface area contributed by atoms with Gasteiger partial charge < -0.3 is 14.7 Å². The number of benzene rings is 1. The molecule has 26 heavy (non-hydrogen) atoms. The van der Waals surface area contributed by atoms with Gasteiger partial charge in [-0.3, -0.25) is 9.59 Å². The van der Waals surface area contributed by atoms with Gasteiger partial charge in [0.25, 0.3) is 0 Å². The molecular formula is C17H26N2O6S. The molecule has 1 unspecified atom stereocenters. The SMILES string of the molecule is COc1ccc(S(=O)(=O)N[C@H](C(=O)N(C)CC(C)C(=O)O)C(C)C)cc1. The van der Waals surface area contributed by atoms with E-state index in [-0.39, 0.29) is 17.4 Å². The van der Waals surface area contributed by atoms with Gasteiger partial charge in [-0.2, -0.15) is 4.72 Å². The third-order valence-corrected chi connectivity index (χ3v) is 5.39. The Morgan fingerprint density at radius 1 is 1.19 bits per heavy atom. The van der Waals surface area contributed by atoms with Crippen molar-refractivity contribution < 1.29 is 27.9 Å². The molecule has 9 heteroatoms. The number of carboxylic acid groups (broad SMARTS) is 1. The summed E-state index contributed by atoms with van der Waals surface area (Å²) in [5, 5.41) is 8.98. The summed E-state index contributed by atoms with van der Waals surface area (Å²) in [6.45, 7) is 4.90. The summed E-state index contributed by atoms with van der Waals surface area (Å²) >= 11 is 0. The fourth-order valence-electron chi connectivity index (χ4n) is 2.28. The Labute approximate surface area is 154 Å². The Morgan fingerprint density at radius 3 is 2.15 bits per heavy atom. The molecule has 1 aromatic rings. The minimum atomic E-state index is -3.92. The van der Waals surface area contributed by atoms with Gasteiger partial charge in [0, 0.05) is 13.6 Å². The van der Waals surface area contributed by atoms with E-state index in [0.717, 1.165) is 0 Å². The number of sulfonamides is 1. The Hall–Kier alpha value is -2.13. The largest absolute Gasteiger partial charge is 0.497 e. The van der Waals surface area contributed by atoms with Gasteiger partial charge in [-0.25, -0.2) is 8.42 Å². The molecular weight excluding hydrogens is 360 g/mol. The van der Waals surface area contributed by atoms with E-state index >= 15 is 0 Å². The van der Waals surface area contributed by atoms with Crippen LogP contribution in [0.3, 0.4) is 0 Å². The number of ether oxygens (including phenoxy) is 1. The van der Waals surface area contributed by atoms with Crippen molar-refractivity contribution in [2.45, 2.75) is 31.7 Å². The fourth-order valence-corrected chi connectivity index (χ4v) is 3.62. The van der Waals surface area contributed by atoms with E-state index in [1.54, 1.807) is 13.8 Å². The lowest BCUT2D eigenvalue weighted by Crippen LogP contribution is -2.51. The highest BCUT2D eigenvalue weighted by Gasteiger charge is 2.31. The molecule has 0 heterocycles. The van der Waals surface area contributed by atoms with E-state index in [4.69, 9.17) is 9.84 Å². The molecule has 0 aliphatic carbocycles. The standard InChI is InChI=1S/C17H26N2O6S/c1-11(2)15(16(20)19(4)10-12(3)17(21)22)18-26(23,24)14-8-6-13(25-5)7-9-14/h6-9,11-12,15,18H,10H2,1-5H3,(H,21,22)/t12?,15-/m0/s1. The highest BCUT2D eigenvalue weighted by atomic mass is 32.2. The van der Waals surface area contributed by atoms with Crippen LogP contribution in [0.1, 0.15) is 20.8 Å². The van der Waals surface area contributed by atoms with Gasteiger partial charge in [0.2, 0.25) is 15.9 Å². The lowest BCUT2D eigenvalue weighted by atomic mass is 10.0. The molecule has 0 aliphatic rings. The first-order valence-corrected chi connectivity index (χ1v) is 9.62. The van der Waals surface area contributed by atoms with Gasteiger partial charge in [0.15, 0.2) is 0 Å². The summed E-state index contributed by atoms with van der Waals surface area (Å²) in [4.78, 5) is 24.9. The van der Waals surface area contributed by atoms with Crippen LogP contribution in [0.25, 0.3) is 0 Å². The molecule has 0 radical (unpaired) electrons. The highest BCUT2D eigenvalue weighted by molar-refractivity contribution is 7.89. The molecule has 0 bridgehead atoms. The van der Waals surface area contributed by atoms with E-state index in [2.05, 4.69) is 4.72 Å². The summed E-state index contributed by atoms with van der Waals surface area (Å²) in [6, 6.07) is 4.80. The first-order valence-electron chi connectivity index (χ1n) is 8.13. The van der Waals surface area contributed by atoms with Crippen LogP contribution in [0.15, 0.2) is 29.2 Å². The van der Waals surface area contributed by atoms with Crippen molar-refractivity contribution in [2.75, 3.05) is 20.7 Å². The van der Waals surface area contributed by atoms with E-state index < -0.39 is 33.9 Å². The maximum Gasteiger partial charge on any atom is 0.308 e. The van der Waals surface area contributed by atoms with Crippen LogP contribution in [0.4, 0.5) is 0 Å². The predicted molar refractivity (Wildman–Crippen MR) is 96.4 cm³/mol. The minimum absolute atomic E-state index is 0.0123. The zero-order chi connectivity index (χ0) is 20.1. The van der Waals surface area contributed by atoms with E-state index in [1.165, 1.54) is 50.2 Å². The molecule has 0 saturated heterocycles. The lowest BCUT2D eigenvalue weighted by Gasteiger charge is -2.28. The van der Waals surface area contributed by atoms with Crippen LogP contribution < -0.4 is 9.46 Å². The topological polar surface area (TPSA) is 113 Å². The number of nitrogens with one attached hydrogen (secondary N) is 1. The predicted octanol–water partition coefficient (Wildman–Crippen LogP) is 1.18. The van der Waals surface area contributed by atoms with E-state index in [9.17, 15) is 18.0 Å². The molecule has 0 aromatic heterocycles. The Kier molecular flexibility index (Phi) is 7.58. The number of rotatable bonds is 9. The molecule has 0 spiro atoms. The number of carboxylic acids is 1. The second-order valence-corrected chi connectivity index (χ2v) is 8.19.